The van der Waals surface area contributed by atoms with Crippen molar-refractivity contribution in [3.63, 3.8) is 0 Å². The zero-order valence-corrected chi connectivity index (χ0v) is 13.2. The van der Waals surface area contributed by atoms with E-state index in [1.807, 2.05) is 24.0 Å². The quantitative estimate of drug-likeness (QED) is 0.797. The first-order chi connectivity index (χ1) is 9.60. The SMILES string of the molecule is CCN(Cc1cccc(C)c1)C(=O)c1ccnc(Br)c1. The number of aryl methyl sites for hydroxylation is 1. The van der Waals surface area contributed by atoms with Crippen molar-refractivity contribution in [3.05, 3.63) is 63.9 Å². The van der Waals surface area contributed by atoms with Gasteiger partial charge < -0.3 is 4.90 Å². The Labute approximate surface area is 127 Å². The highest BCUT2D eigenvalue weighted by atomic mass is 79.9. The molecule has 0 atom stereocenters. The lowest BCUT2D eigenvalue weighted by Crippen LogP contribution is -2.30. The van der Waals surface area contributed by atoms with Crippen LogP contribution in [-0.4, -0.2) is 22.3 Å². The van der Waals surface area contributed by atoms with E-state index in [0.29, 0.717) is 23.3 Å². The van der Waals surface area contributed by atoms with E-state index in [4.69, 9.17) is 0 Å². The highest BCUT2D eigenvalue weighted by molar-refractivity contribution is 9.10. The number of hydrogen-bond donors (Lipinski definition) is 0. The molecule has 0 aliphatic heterocycles. The summed E-state index contributed by atoms with van der Waals surface area (Å²) in [6.45, 7) is 5.34. The van der Waals surface area contributed by atoms with Crippen LogP contribution in [0.4, 0.5) is 0 Å². The average molecular weight is 333 g/mol. The average Bonchev–Trinajstić information content (AvgIpc) is 2.44. The van der Waals surface area contributed by atoms with Crippen molar-refractivity contribution >= 4 is 21.8 Å². The first kappa shape index (κ1) is 14.7. The Morgan fingerprint density at radius 1 is 1.30 bits per heavy atom. The minimum absolute atomic E-state index is 0.0251. The minimum Gasteiger partial charge on any atom is -0.335 e. The predicted octanol–water partition coefficient (Wildman–Crippen LogP) is 3.81. The van der Waals surface area contributed by atoms with Crippen LogP contribution in [0.1, 0.15) is 28.4 Å². The summed E-state index contributed by atoms with van der Waals surface area (Å²) in [4.78, 5) is 18.4. The van der Waals surface area contributed by atoms with Gasteiger partial charge in [-0.3, -0.25) is 4.79 Å². The van der Waals surface area contributed by atoms with Gasteiger partial charge in [0.1, 0.15) is 4.60 Å². The van der Waals surface area contributed by atoms with E-state index < -0.39 is 0 Å². The van der Waals surface area contributed by atoms with Gasteiger partial charge in [-0.1, -0.05) is 29.8 Å². The molecule has 0 unspecified atom stereocenters. The number of aromatic nitrogens is 1. The molecule has 1 aromatic carbocycles. The van der Waals surface area contributed by atoms with Crippen LogP contribution >= 0.6 is 15.9 Å². The van der Waals surface area contributed by atoms with Crippen molar-refractivity contribution in [2.24, 2.45) is 0 Å². The normalized spacial score (nSPS) is 10.3. The lowest BCUT2D eigenvalue weighted by Gasteiger charge is -2.21. The van der Waals surface area contributed by atoms with Gasteiger partial charge in [-0.2, -0.15) is 0 Å². The maximum absolute atomic E-state index is 12.5. The van der Waals surface area contributed by atoms with Crippen LogP contribution < -0.4 is 0 Å². The second-order valence-electron chi connectivity index (χ2n) is 4.68. The van der Waals surface area contributed by atoms with Crippen molar-refractivity contribution in [2.75, 3.05) is 6.54 Å². The largest absolute Gasteiger partial charge is 0.335 e. The zero-order valence-electron chi connectivity index (χ0n) is 11.6. The summed E-state index contributed by atoms with van der Waals surface area (Å²) >= 11 is 3.30. The van der Waals surface area contributed by atoms with Gasteiger partial charge >= 0.3 is 0 Å². The number of pyridine rings is 1. The summed E-state index contributed by atoms with van der Waals surface area (Å²) in [7, 11) is 0. The fraction of sp³-hybridized carbons (Fsp3) is 0.250. The lowest BCUT2D eigenvalue weighted by atomic mass is 10.1. The van der Waals surface area contributed by atoms with Gasteiger partial charge in [0.15, 0.2) is 0 Å². The van der Waals surface area contributed by atoms with Gasteiger partial charge in [-0.25, -0.2) is 4.98 Å². The van der Waals surface area contributed by atoms with Crippen molar-refractivity contribution < 1.29 is 4.79 Å². The number of carbonyl (C=O) groups is 1. The third-order valence-corrected chi connectivity index (χ3v) is 3.53. The Kier molecular flexibility index (Phi) is 4.90. The standard InChI is InChI=1S/C16H17BrN2O/c1-3-19(11-13-6-4-5-12(2)9-13)16(20)14-7-8-18-15(17)10-14/h4-10H,3,11H2,1-2H3. The topological polar surface area (TPSA) is 33.2 Å². The minimum atomic E-state index is 0.0251. The van der Waals surface area contributed by atoms with Crippen LogP contribution in [0.5, 0.6) is 0 Å². The molecule has 2 rings (SSSR count). The van der Waals surface area contributed by atoms with Crippen LogP contribution in [0, 0.1) is 6.92 Å². The fourth-order valence-electron chi connectivity index (χ4n) is 2.08. The third kappa shape index (κ3) is 3.67. The maximum Gasteiger partial charge on any atom is 0.254 e. The Bertz CT molecular complexity index is 613. The van der Waals surface area contributed by atoms with Crippen molar-refractivity contribution in [1.82, 2.24) is 9.88 Å². The van der Waals surface area contributed by atoms with Crippen molar-refractivity contribution in [3.8, 4) is 0 Å². The Hall–Kier alpha value is -1.68. The maximum atomic E-state index is 12.5. The van der Waals surface area contributed by atoms with Gasteiger partial charge in [-0.05, 0) is 47.5 Å². The first-order valence-corrected chi connectivity index (χ1v) is 7.36. The molecule has 0 N–H and O–H groups in total. The number of benzene rings is 1. The van der Waals surface area contributed by atoms with Crippen molar-refractivity contribution in [2.45, 2.75) is 20.4 Å². The van der Waals surface area contributed by atoms with Gasteiger partial charge in [-0.15, -0.1) is 0 Å². The molecule has 2 aromatic rings. The second-order valence-corrected chi connectivity index (χ2v) is 5.49. The molecule has 4 heteroatoms. The number of rotatable bonds is 4. The molecule has 0 saturated heterocycles. The molecule has 0 fully saturated rings. The van der Waals surface area contributed by atoms with Crippen molar-refractivity contribution in [1.29, 1.82) is 0 Å². The van der Waals surface area contributed by atoms with E-state index in [-0.39, 0.29) is 5.91 Å². The third-order valence-electron chi connectivity index (χ3n) is 3.10. The molecule has 1 heterocycles. The number of carbonyl (C=O) groups excluding carboxylic acids is 1. The molecule has 0 spiro atoms. The summed E-state index contributed by atoms with van der Waals surface area (Å²) in [5, 5.41) is 0. The Balaban J connectivity index is 2.18. The smallest absolute Gasteiger partial charge is 0.254 e. The van der Waals surface area contributed by atoms with Gasteiger partial charge in [0.2, 0.25) is 0 Å². The highest BCUT2D eigenvalue weighted by Crippen LogP contribution is 2.13. The van der Waals surface area contributed by atoms with E-state index in [1.165, 1.54) is 5.56 Å². The molecular weight excluding hydrogens is 316 g/mol. The number of halogens is 1. The Morgan fingerprint density at radius 3 is 2.75 bits per heavy atom. The molecule has 1 amide bonds. The van der Waals surface area contributed by atoms with Crippen LogP contribution in [0.3, 0.4) is 0 Å². The molecule has 0 aliphatic carbocycles. The molecule has 1 aromatic heterocycles. The van der Waals surface area contributed by atoms with Crippen LogP contribution in [0.15, 0.2) is 47.2 Å². The molecule has 20 heavy (non-hydrogen) atoms. The summed E-state index contributed by atoms with van der Waals surface area (Å²) < 4.78 is 0.676. The highest BCUT2D eigenvalue weighted by Gasteiger charge is 2.15. The number of hydrogen-bond acceptors (Lipinski definition) is 2. The van der Waals surface area contributed by atoms with Crippen LogP contribution in [-0.2, 0) is 6.54 Å². The summed E-state index contributed by atoms with van der Waals surface area (Å²) in [6, 6.07) is 11.7. The zero-order chi connectivity index (χ0) is 14.5. The monoisotopic (exact) mass is 332 g/mol. The molecule has 0 radical (unpaired) electrons. The van der Waals surface area contributed by atoms with Gasteiger partial charge in [0.05, 0.1) is 0 Å². The van der Waals surface area contributed by atoms with E-state index in [9.17, 15) is 4.79 Å². The Morgan fingerprint density at radius 2 is 2.10 bits per heavy atom. The van der Waals surface area contributed by atoms with E-state index in [2.05, 4.69) is 40.0 Å². The second kappa shape index (κ2) is 6.66. The summed E-state index contributed by atoms with van der Waals surface area (Å²) in [6.07, 6.45) is 1.64. The predicted molar refractivity (Wildman–Crippen MR) is 83.5 cm³/mol. The van der Waals surface area contributed by atoms with E-state index >= 15 is 0 Å². The first-order valence-electron chi connectivity index (χ1n) is 6.56. The van der Waals surface area contributed by atoms with Crippen LogP contribution in [0.2, 0.25) is 0 Å². The van der Waals surface area contributed by atoms with Crippen LogP contribution in [0.25, 0.3) is 0 Å². The molecule has 0 aliphatic rings. The summed E-state index contributed by atoms with van der Waals surface area (Å²) in [5.41, 5.74) is 3.01. The fourth-order valence-corrected chi connectivity index (χ4v) is 2.44. The molecule has 3 nitrogen and oxygen atoms in total. The van der Waals surface area contributed by atoms with E-state index in [0.717, 1.165) is 5.56 Å². The molecule has 0 bridgehead atoms. The molecule has 0 saturated carbocycles. The summed E-state index contributed by atoms with van der Waals surface area (Å²) in [5.74, 6) is 0.0251. The molecule has 104 valence electrons. The number of amides is 1. The van der Waals surface area contributed by atoms with E-state index in [1.54, 1.807) is 18.3 Å². The number of nitrogens with zero attached hydrogens (tertiary/aromatic N) is 2. The molecular formula is C16H17BrN2O. The van der Waals surface area contributed by atoms with Gasteiger partial charge in [0, 0.05) is 24.8 Å². The van der Waals surface area contributed by atoms with Gasteiger partial charge in [0.25, 0.3) is 5.91 Å². The lowest BCUT2D eigenvalue weighted by molar-refractivity contribution is 0.0752.